The van der Waals surface area contributed by atoms with Gasteiger partial charge in [-0.15, -0.1) is 0 Å². The van der Waals surface area contributed by atoms with Crippen LogP contribution in [0.1, 0.15) is 29.2 Å². The van der Waals surface area contributed by atoms with Crippen LogP contribution >= 0.6 is 0 Å². The van der Waals surface area contributed by atoms with Crippen molar-refractivity contribution in [1.82, 2.24) is 9.21 Å². The number of rotatable bonds is 5. The summed E-state index contributed by atoms with van der Waals surface area (Å²) in [7, 11) is -3.59. The molecule has 33 heavy (non-hydrogen) atoms. The van der Waals surface area contributed by atoms with E-state index in [0.29, 0.717) is 49.6 Å². The topological polar surface area (TPSA) is 69.7 Å². The molecule has 1 N–H and O–H groups in total. The van der Waals surface area contributed by atoms with Crippen LogP contribution in [0.3, 0.4) is 0 Å². The Bertz CT molecular complexity index is 1200. The first-order chi connectivity index (χ1) is 16.0. The number of hydrogen-bond donors (Lipinski definition) is 1. The third-order valence-corrected chi connectivity index (χ3v) is 8.37. The number of hydrogen-bond acceptors (Lipinski definition) is 4. The molecule has 1 saturated heterocycles. The third-order valence-electron chi connectivity index (χ3n) is 6.48. The second-order valence-electron chi connectivity index (χ2n) is 8.53. The molecule has 0 radical (unpaired) electrons. The number of aryl methyl sites for hydroxylation is 1. The van der Waals surface area contributed by atoms with Gasteiger partial charge < -0.3 is 5.32 Å². The number of amides is 1. The summed E-state index contributed by atoms with van der Waals surface area (Å²) in [6.45, 7) is 2.17. The molecule has 0 bridgehead atoms. The molecule has 1 amide bonds. The van der Waals surface area contributed by atoms with Crippen LogP contribution in [0.4, 0.5) is 5.69 Å². The van der Waals surface area contributed by atoms with Gasteiger partial charge in [-0.2, -0.15) is 4.31 Å². The van der Waals surface area contributed by atoms with Crippen molar-refractivity contribution < 1.29 is 13.2 Å². The van der Waals surface area contributed by atoms with Gasteiger partial charge in [0.05, 0.1) is 10.9 Å². The minimum Gasteiger partial charge on any atom is -0.326 e. The maximum Gasteiger partial charge on any atom is 0.243 e. The molecule has 6 nitrogen and oxygen atoms in total. The standard InChI is InChI=1S/C26H27N3O3S/c30-25-14-11-22-19-23(12-13-24(22)27-25)33(31,32)29-17-15-28(16-18-29)26(20-7-3-1-4-8-20)21-9-5-2-6-10-21/h1-10,12-13,19,26H,11,14-18H2,(H,27,30). The second kappa shape index (κ2) is 9.09. The maximum absolute atomic E-state index is 13.4. The third kappa shape index (κ3) is 4.44. The van der Waals surface area contributed by atoms with E-state index in [1.165, 1.54) is 11.1 Å². The fourth-order valence-corrected chi connectivity index (χ4v) is 6.23. The van der Waals surface area contributed by atoms with Crippen molar-refractivity contribution in [2.45, 2.75) is 23.8 Å². The van der Waals surface area contributed by atoms with Crippen LogP contribution in [0.5, 0.6) is 0 Å². The van der Waals surface area contributed by atoms with Gasteiger partial charge in [0.1, 0.15) is 0 Å². The lowest BCUT2D eigenvalue weighted by Crippen LogP contribution is -2.49. The van der Waals surface area contributed by atoms with Crippen LogP contribution in [0, 0.1) is 0 Å². The fourth-order valence-electron chi connectivity index (χ4n) is 4.76. The van der Waals surface area contributed by atoms with Gasteiger partial charge in [0, 0.05) is 38.3 Å². The van der Waals surface area contributed by atoms with E-state index >= 15 is 0 Å². The van der Waals surface area contributed by atoms with Crippen LogP contribution in [-0.2, 0) is 21.2 Å². The van der Waals surface area contributed by atoms with Crippen LogP contribution in [0.15, 0.2) is 83.8 Å². The van der Waals surface area contributed by atoms with Crippen molar-refractivity contribution in [2.24, 2.45) is 0 Å². The van der Waals surface area contributed by atoms with Gasteiger partial charge in [-0.3, -0.25) is 9.69 Å². The number of sulfonamides is 1. The maximum atomic E-state index is 13.4. The molecule has 3 aromatic rings. The molecule has 0 spiro atoms. The van der Waals surface area contributed by atoms with E-state index in [1.807, 2.05) is 36.4 Å². The molecule has 2 heterocycles. The first kappa shape index (κ1) is 21.8. The smallest absolute Gasteiger partial charge is 0.243 e. The van der Waals surface area contributed by atoms with Crippen LogP contribution in [0.25, 0.3) is 0 Å². The van der Waals surface area contributed by atoms with Crippen LogP contribution < -0.4 is 5.32 Å². The van der Waals surface area contributed by atoms with E-state index in [1.54, 1.807) is 22.5 Å². The number of fused-ring (bicyclic) bond motifs is 1. The van der Waals surface area contributed by atoms with Gasteiger partial charge >= 0.3 is 0 Å². The van der Waals surface area contributed by atoms with Crippen molar-refractivity contribution in [1.29, 1.82) is 0 Å². The van der Waals surface area contributed by atoms with Crippen molar-refractivity contribution in [3.63, 3.8) is 0 Å². The van der Waals surface area contributed by atoms with Crippen molar-refractivity contribution in [2.75, 3.05) is 31.5 Å². The van der Waals surface area contributed by atoms with E-state index in [4.69, 9.17) is 0 Å². The van der Waals surface area contributed by atoms with Gasteiger partial charge in [-0.05, 0) is 41.3 Å². The van der Waals surface area contributed by atoms with Gasteiger partial charge in [-0.1, -0.05) is 60.7 Å². The molecule has 0 atom stereocenters. The van der Waals surface area contributed by atoms with E-state index in [0.717, 1.165) is 5.56 Å². The normalized spacial score (nSPS) is 17.5. The Morgan fingerprint density at radius 1 is 0.758 bits per heavy atom. The molecular weight excluding hydrogens is 434 g/mol. The predicted octanol–water partition coefficient (Wildman–Crippen LogP) is 3.67. The predicted molar refractivity (Wildman–Crippen MR) is 128 cm³/mol. The Kier molecular flexibility index (Phi) is 6.01. The average Bonchev–Trinajstić information content (AvgIpc) is 2.85. The van der Waals surface area contributed by atoms with Crippen molar-refractivity contribution in [3.8, 4) is 0 Å². The van der Waals surface area contributed by atoms with Gasteiger partial charge in [0.2, 0.25) is 15.9 Å². The molecule has 0 aromatic heterocycles. The Labute approximate surface area is 194 Å². The summed E-state index contributed by atoms with van der Waals surface area (Å²) in [5.74, 6) is -0.0272. The van der Waals surface area contributed by atoms with E-state index < -0.39 is 10.0 Å². The lowest BCUT2D eigenvalue weighted by atomic mass is 9.96. The summed E-state index contributed by atoms with van der Waals surface area (Å²) in [5.41, 5.74) is 4.00. The summed E-state index contributed by atoms with van der Waals surface area (Å²) in [5, 5.41) is 2.81. The number of carbonyl (C=O) groups is 1. The molecule has 7 heteroatoms. The number of anilines is 1. The molecule has 5 rings (SSSR count). The lowest BCUT2D eigenvalue weighted by molar-refractivity contribution is -0.116. The summed E-state index contributed by atoms with van der Waals surface area (Å²) in [6, 6.07) is 25.8. The Balaban J connectivity index is 1.35. The molecular formula is C26H27N3O3S. The minimum atomic E-state index is -3.59. The fraction of sp³-hybridized carbons (Fsp3) is 0.269. The Hall–Kier alpha value is -3.00. The molecule has 2 aliphatic heterocycles. The zero-order valence-corrected chi connectivity index (χ0v) is 19.2. The van der Waals surface area contributed by atoms with E-state index in [9.17, 15) is 13.2 Å². The number of nitrogens with zero attached hydrogens (tertiary/aromatic N) is 2. The molecule has 0 saturated carbocycles. The number of carbonyl (C=O) groups excluding carboxylic acids is 1. The lowest BCUT2D eigenvalue weighted by Gasteiger charge is -2.39. The molecule has 170 valence electrons. The highest BCUT2D eigenvalue weighted by Gasteiger charge is 2.32. The van der Waals surface area contributed by atoms with E-state index in [-0.39, 0.29) is 11.9 Å². The Morgan fingerprint density at radius 2 is 1.36 bits per heavy atom. The number of nitrogens with one attached hydrogen (secondary N) is 1. The molecule has 0 unspecified atom stereocenters. The first-order valence-corrected chi connectivity index (χ1v) is 12.7. The monoisotopic (exact) mass is 461 g/mol. The van der Waals surface area contributed by atoms with E-state index in [2.05, 4.69) is 34.5 Å². The highest BCUT2D eigenvalue weighted by atomic mass is 32.2. The van der Waals surface area contributed by atoms with Crippen molar-refractivity contribution >= 4 is 21.6 Å². The zero-order chi connectivity index (χ0) is 22.8. The zero-order valence-electron chi connectivity index (χ0n) is 18.4. The number of benzene rings is 3. The van der Waals surface area contributed by atoms with Crippen LogP contribution in [-0.4, -0.2) is 49.7 Å². The molecule has 2 aliphatic rings. The molecule has 3 aromatic carbocycles. The van der Waals surface area contributed by atoms with Gasteiger partial charge in [0.25, 0.3) is 0 Å². The average molecular weight is 462 g/mol. The minimum absolute atomic E-state index is 0.0272. The highest BCUT2D eigenvalue weighted by Crippen LogP contribution is 2.31. The number of piperazine rings is 1. The second-order valence-corrected chi connectivity index (χ2v) is 10.5. The molecule has 1 fully saturated rings. The summed E-state index contributed by atoms with van der Waals surface area (Å²) in [6.07, 6.45) is 0.948. The van der Waals surface area contributed by atoms with Crippen LogP contribution in [0.2, 0.25) is 0 Å². The summed E-state index contributed by atoms with van der Waals surface area (Å²) < 4.78 is 28.3. The first-order valence-electron chi connectivity index (χ1n) is 11.3. The largest absolute Gasteiger partial charge is 0.326 e. The van der Waals surface area contributed by atoms with Gasteiger partial charge in [0.15, 0.2) is 0 Å². The highest BCUT2D eigenvalue weighted by molar-refractivity contribution is 7.89. The SMILES string of the molecule is O=C1CCc2cc(S(=O)(=O)N3CCN(C(c4ccccc4)c4ccccc4)CC3)ccc2N1. The van der Waals surface area contributed by atoms with Crippen molar-refractivity contribution in [3.05, 3.63) is 95.6 Å². The quantitative estimate of drug-likeness (QED) is 0.630. The molecule has 0 aliphatic carbocycles. The summed E-state index contributed by atoms with van der Waals surface area (Å²) in [4.78, 5) is 14.3. The van der Waals surface area contributed by atoms with Gasteiger partial charge in [-0.25, -0.2) is 8.42 Å². The Morgan fingerprint density at radius 3 is 1.97 bits per heavy atom. The summed E-state index contributed by atoms with van der Waals surface area (Å²) >= 11 is 0.